The number of hydrazone groups is 1. The second-order valence-electron chi connectivity index (χ2n) is 5.28. The van der Waals surface area contributed by atoms with E-state index in [-0.39, 0.29) is 5.56 Å². The molecule has 7 nitrogen and oxygen atoms in total. The van der Waals surface area contributed by atoms with Gasteiger partial charge in [-0.15, -0.1) is 0 Å². The van der Waals surface area contributed by atoms with Crippen LogP contribution in [0.1, 0.15) is 16.1 Å². The zero-order chi connectivity index (χ0) is 18.4. The summed E-state index contributed by atoms with van der Waals surface area (Å²) in [7, 11) is 0. The molecular formula is C19H15N3O4. The Hall–Kier alpha value is -3.87. The zero-order valence-corrected chi connectivity index (χ0v) is 13.5. The van der Waals surface area contributed by atoms with Crippen LogP contribution in [0.5, 0.6) is 0 Å². The number of furan rings is 1. The van der Waals surface area contributed by atoms with Gasteiger partial charge in [-0.1, -0.05) is 30.3 Å². The Morgan fingerprint density at radius 1 is 1.00 bits per heavy atom. The maximum Gasteiger partial charge on any atom is 0.339 e. The number of para-hydroxylation sites is 1. The number of carboxylic acid groups (broad SMARTS) is 1. The highest BCUT2D eigenvalue weighted by Gasteiger charge is 2.08. The molecule has 0 spiro atoms. The smallest absolute Gasteiger partial charge is 0.339 e. The number of carbonyl (C=O) groups is 2. The number of carboxylic acids is 1. The van der Waals surface area contributed by atoms with E-state index in [0.29, 0.717) is 22.8 Å². The molecule has 0 saturated carbocycles. The summed E-state index contributed by atoms with van der Waals surface area (Å²) in [5.74, 6) is -0.0853. The number of anilines is 1. The molecule has 0 unspecified atom stereocenters. The van der Waals surface area contributed by atoms with Gasteiger partial charge in [-0.05, 0) is 36.4 Å². The van der Waals surface area contributed by atoms with Gasteiger partial charge in [0, 0.05) is 11.3 Å². The number of hydrogen-bond acceptors (Lipinski definition) is 4. The Labute approximate surface area is 149 Å². The highest BCUT2D eigenvalue weighted by molar-refractivity contribution is 5.90. The Morgan fingerprint density at radius 2 is 1.81 bits per heavy atom. The van der Waals surface area contributed by atoms with Gasteiger partial charge in [0.1, 0.15) is 11.5 Å². The van der Waals surface area contributed by atoms with E-state index in [1.54, 1.807) is 36.4 Å². The van der Waals surface area contributed by atoms with Crippen molar-refractivity contribution in [3.8, 4) is 11.3 Å². The summed E-state index contributed by atoms with van der Waals surface area (Å²) in [6, 6.07) is 18.3. The average Bonchev–Trinajstić information content (AvgIpc) is 3.11. The lowest BCUT2D eigenvalue weighted by Gasteiger charge is -2.02. The van der Waals surface area contributed by atoms with Crippen LogP contribution in [-0.2, 0) is 0 Å². The fourth-order valence-corrected chi connectivity index (χ4v) is 2.22. The van der Waals surface area contributed by atoms with Crippen LogP contribution in [0.25, 0.3) is 11.3 Å². The van der Waals surface area contributed by atoms with E-state index in [1.807, 2.05) is 18.2 Å². The fourth-order valence-electron chi connectivity index (χ4n) is 2.22. The molecule has 0 aliphatic rings. The van der Waals surface area contributed by atoms with Gasteiger partial charge >= 0.3 is 12.0 Å². The molecule has 1 heterocycles. The standard InChI is InChI=1S/C19H15N3O4/c23-18(24)14-6-4-5-13(11-14)17-10-9-16(26-17)12-20-22-19(25)21-15-7-2-1-3-8-15/h1-12H,(H,23,24)(H2,21,22,25)/b20-12+. The predicted molar refractivity (Wildman–Crippen MR) is 97.3 cm³/mol. The van der Waals surface area contributed by atoms with E-state index in [9.17, 15) is 9.59 Å². The van der Waals surface area contributed by atoms with Gasteiger partial charge in [0.15, 0.2) is 0 Å². The Balaban J connectivity index is 1.61. The summed E-state index contributed by atoms with van der Waals surface area (Å²) in [6.45, 7) is 0. The molecule has 0 saturated heterocycles. The van der Waals surface area contributed by atoms with Crippen molar-refractivity contribution in [2.24, 2.45) is 5.10 Å². The number of urea groups is 1. The van der Waals surface area contributed by atoms with Gasteiger partial charge in [-0.25, -0.2) is 15.0 Å². The predicted octanol–water partition coefficient (Wildman–Crippen LogP) is 3.80. The molecule has 7 heteroatoms. The molecule has 0 aliphatic heterocycles. The molecule has 2 amide bonds. The molecule has 0 fully saturated rings. The van der Waals surface area contributed by atoms with E-state index in [2.05, 4.69) is 15.8 Å². The summed E-state index contributed by atoms with van der Waals surface area (Å²) in [4.78, 5) is 22.7. The molecule has 0 aliphatic carbocycles. The number of benzene rings is 2. The minimum atomic E-state index is -1.01. The molecular weight excluding hydrogens is 334 g/mol. The zero-order valence-electron chi connectivity index (χ0n) is 13.5. The van der Waals surface area contributed by atoms with Crippen molar-refractivity contribution in [3.05, 3.63) is 78.1 Å². The van der Waals surface area contributed by atoms with Crippen LogP contribution in [0.15, 0.2) is 76.2 Å². The number of rotatable bonds is 5. The van der Waals surface area contributed by atoms with E-state index in [4.69, 9.17) is 9.52 Å². The SMILES string of the molecule is O=C(N/N=C/c1ccc(-c2cccc(C(=O)O)c2)o1)Nc1ccccc1. The quantitative estimate of drug-likeness (QED) is 0.481. The molecule has 0 radical (unpaired) electrons. The van der Waals surface area contributed by atoms with Crippen molar-refractivity contribution >= 4 is 23.9 Å². The van der Waals surface area contributed by atoms with E-state index in [0.717, 1.165) is 0 Å². The lowest BCUT2D eigenvalue weighted by atomic mass is 10.1. The summed E-state index contributed by atoms with van der Waals surface area (Å²) >= 11 is 0. The lowest BCUT2D eigenvalue weighted by molar-refractivity contribution is 0.0697. The first-order chi connectivity index (χ1) is 12.6. The van der Waals surface area contributed by atoms with E-state index < -0.39 is 12.0 Å². The normalized spacial score (nSPS) is 10.6. The first-order valence-electron chi connectivity index (χ1n) is 7.70. The molecule has 130 valence electrons. The average molecular weight is 349 g/mol. The van der Waals surface area contributed by atoms with Gasteiger partial charge in [-0.3, -0.25) is 0 Å². The van der Waals surface area contributed by atoms with E-state index in [1.165, 1.54) is 18.3 Å². The third-order valence-corrected chi connectivity index (χ3v) is 3.41. The number of carbonyl (C=O) groups excluding carboxylic acids is 1. The minimum absolute atomic E-state index is 0.174. The van der Waals surface area contributed by atoms with Gasteiger partial charge in [-0.2, -0.15) is 5.10 Å². The van der Waals surface area contributed by atoms with Crippen molar-refractivity contribution < 1.29 is 19.1 Å². The van der Waals surface area contributed by atoms with Crippen molar-refractivity contribution in [3.63, 3.8) is 0 Å². The molecule has 3 rings (SSSR count). The first-order valence-corrected chi connectivity index (χ1v) is 7.70. The third kappa shape index (κ3) is 4.35. The first kappa shape index (κ1) is 17.0. The maximum absolute atomic E-state index is 11.7. The number of amides is 2. The number of nitrogens with one attached hydrogen (secondary N) is 2. The molecule has 3 N–H and O–H groups in total. The largest absolute Gasteiger partial charge is 0.478 e. The minimum Gasteiger partial charge on any atom is -0.478 e. The lowest BCUT2D eigenvalue weighted by Crippen LogP contribution is -2.24. The van der Waals surface area contributed by atoms with Crippen molar-refractivity contribution in [1.29, 1.82) is 0 Å². The highest BCUT2D eigenvalue weighted by Crippen LogP contribution is 2.22. The van der Waals surface area contributed by atoms with Crippen molar-refractivity contribution in [2.75, 3.05) is 5.32 Å². The Bertz CT molecular complexity index is 948. The van der Waals surface area contributed by atoms with Gasteiger partial charge in [0.05, 0.1) is 11.8 Å². The van der Waals surface area contributed by atoms with Crippen LogP contribution in [0.2, 0.25) is 0 Å². The van der Waals surface area contributed by atoms with Crippen LogP contribution >= 0.6 is 0 Å². The van der Waals surface area contributed by atoms with Crippen LogP contribution in [-0.4, -0.2) is 23.3 Å². The van der Waals surface area contributed by atoms with E-state index >= 15 is 0 Å². The summed E-state index contributed by atoms with van der Waals surface area (Å²) < 4.78 is 5.59. The number of nitrogens with zero attached hydrogens (tertiary/aromatic N) is 1. The van der Waals surface area contributed by atoms with Gasteiger partial charge in [0.25, 0.3) is 0 Å². The highest BCUT2D eigenvalue weighted by atomic mass is 16.4. The van der Waals surface area contributed by atoms with Crippen molar-refractivity contribution in [2.45, 2.75) is 0 Å². The summed E-state index contributed by atoms with van der Waals surface area (Å²) in [5.41, 5.74) is 3.80. The Morgan fingerprint density at radius 3 is 2.58 bits per heavy atom. The van der Waals surface area contributed by atoms with Crippen molar-refractivity contribution in [1.82, 2.24) is 5.43 Å². The second kappa shape index (κ2) is 7.80. The fraction of sp³-hybridized carbons (Fsp3) is 0. The topological polar surface area (TPSA) is 104 Å². The van der Waals surface area contributed by atoms with Crippen LogP contribution in [0.3, 0.4) is 0 Å². The number of aromatic carboxylic acids is 1. The molecule has 1 aromatic heterocycles. The number of hydrogen-bond donors (Lipinski definition) is 3. The van der Waals surface area contributed by atoms with Crippen LogP contribution in [0.4, 0.5) is 10.5 Å². The summed E-state index contributed by atoms with van der Waals surface area (Å²) in [5, 5.41) is 15.5. The summed E-state index contributed by atoms with van der Waals surface area (Å²) in [6.07, 6.45) is 1.36. The molecule has 3 aromatic rings. The van der Waals surface area contributed by atoms with Crippen LogP contribution < -0.4 is 10.7 Å². The second-order valence-corrected chi connectivity index (χ2v) is 5.28. The molecule has 0 atom stereocenters. The molecule has 2 aromatic carbocycles. The monoisotopic (exact) mass is 349 g/mol. The Kier molecular flexibility index (Phi) is 5.09. The molecule has 26 heavy (non-hydrogen) atoms. The third-order valence-electron chi connectivity index (χ3n) is 3.41. The maximum atomic E-state index is 11.7. The van der Waals surface area contributed by atoms with Gasteiger partial charge in [0.2, 0.25) is 0 Å². The van der Waals surface area contributed by atoms with Crippen LogP contribution in [0, 0.1) is 0 Å². The van der Waals surface area contributed by atoms with Gasteiger partial charge < -0.3 is 14.8 Å². The molecule has 0 bridgehead atoms.